The molecule has 1 aliphatic rings. The Balaban J connectivity index is 2.22. The molecule has 2 nitrogen and oxygen atoms in total. The number of hydrogen-bond acceptors (Lipinski definition) is 2. The topological polar surface area (TPSA) is 26.3 Å². The molecule has 0 N–H and O–H groups in total. The van der Waals surface area contributed by atoms with Crippen LogP contribution in [-0.2, 0) is 0 Å². The lowest BCUT2D eigenvalue weighted by Crippen LogP contribution is -2.22. The number of methoxy groups -OCH3 is 1. The average Bonchev–Trinajstić information content (AvgIpc) is 2.38. The van der Waals surface area contributed by atoms with Gasteiger partial charge in [-0.05, 0) is 37.0 Å². The first kappa shape index (κ1) is 13.6. The van der Waals surface area contributed by atoms with Gasteiger partial charge in [0.2, 0.25) is 0 Å². The molecule has 0 saturated heterocycles. The fourth-order valence-corrected chi connectivity index (χ4v) is 3.15. The molecule has 0 aliphatic heterocycles. The molecule has 3 heteroatoms. The van der Waals surface area contributed by atoms with Crippen LogP contribution in [0.4, 0.5) is 0 Å². The first-order valence-electron chi connectivity index (χ1n) is 6.49. The minimum atomic E-state index is 0.178. The van der Waals surface area contributed by atoms with Crippen molar-refractivity contribution in [1.29, 1.82) is 0 Å². The molecule has 2 unspecified atom stereocenters. The normalized spacial score (nSPS) is 23.7. The van der Waals surface area contributed by atoms with Crippen molar-refractivity contribution in [2.45, 2.75) is 32.6 Å². The largest absolute Gasteiger partial charge is 0.497 e. The van der Waals surface area contributed by atoms with Crippen molar-refractivity contribution in [3.05, 3.63) is 28.2 Å². The van der Waals surface area contributed by atoms with Crippen molar-refractivity contribution in [1.82, 2.24) is 0 Å². The molecule has 2 atom stereocenters. The summed E-state index contributed by atoms with van der Waals surface area (Å²) in [5, 5.41) is 0. The van der Waals surface area contributed by atoms with Gasteiger partial charge in [0.05, 0.1) is 7.11 Å². The summed E-state index contributed by atoms with van der Waals surface area (Å²) in [6.45, 7) is 2.24. The van der Waals surface area contributed by atoms with E-state index in [2.05, 4.69) is 22.9 Å². The summed E-state index contributed by atoms with van der Waals surface area (Å²) in [7, 11) is 1.63. The van der Waals surface area contributed by atoms with Crippen molar-refractivity contribution >= 4 is 21.7 Å². The molecule has 18 heavy (non-hydrogen) atoms. The van der Waals surface area contributed by atoms with Crippen LogP contribution in [0.5, 0.6) is 5.75 Å². The number of hydrogen-bond donors (Lipinski definition) is 0. The summed E-state index contributed by atoms with van der Waals surface area (Å²) >= 11 is 3.47. The maximum Gasteiger partial charge on any atom is 0.167 e. The first-order chi connectivity index (χ1) is 8.61. The van der Waals surface area contributed by atoms with Crippen LogP contribution < -0.4 is 4.74 Å². The Morgan fingerprint density at radius 2 is 2.17 bits per heavy atom. The highest BCUT2D eigenvalue weighted by Crippen LogP contribution is 2.33. The number of ether oxygens (including phenoxy) is 1. The molecule has 0 aromatic heterocycles. The Morgan fingerprint density at radius 3 is 2.83 bits per heavy atom. The standard InChI is InChI=1S/C15H19BrO2/c1-10-4-3-5-11(8-10)15(17)13-9-12(18-2)6-7-14(13)16/h6-7,9-11H,3-5,8H2,1-2H3. The summed E-state index contributed by atoms with van der Waals surface area (Å²) in [4.78, 5) is 12.5. The van der Waals surface area contributed by atoms with Crippen molar-refractivity contribution < 1.29 is 9.53 Å². The molecular formula is C15H19BrO2. The smallest absolute Gasteiger partial charge is 0.167 e. The third-order valence-electron chi connectivity index (χ3n) is 3.75. The molecule has 0 heterocycles. The zero-order valence-corrected chi connectivity index (χ0v) is 12.5. The fourth-order valence-electron chi connectivity index (χ4n) is 2.71. The monoisotopic (exact) mass is 310 g/mol. The van der Waals surface area contributed by atoms with Crippen molar-refractivity contribution in [3.8, 4) is 5.75 Å². The van der Waals surface area contributed by atoms with Crippen LogP contribution in [0.1, 0.15) is 43.0 Å². The molecule has 0 bridgehead atoms. The number of Topliss-reactive ketones (excluding diaryl/α,β-unsaturated/α-hetero) is 1. The molecule has 1 aromatic carbocycles. The van der Waals surface area contributed by atoms with E-state index in [4.69, 9.17) is 4.74 Å². The summed E-state index contributed by atoms with van der Waals surface area (Å²) in [5.74, 6) is 1.84. The molecule has 0 spiro atoms. The van der Waals surface area contributed by atoms with Crippen LogP contribution in [0.25, 0.3) is 0 Å². The van der Waals surface area contributed by atoms with E-state index in [1.807, 2.05) is 18.2 Å². The molecular weight excluding hydrogens is 292 g/mol. The van der Waals surface area contributed by atoms with E-state index in [1.54, 1.807) is 7.11 Å². The number of carbonyl (C=O) groups excluding carboxylic acids is 1. The van der Waals surface area contributed by atoms with Crippen molar-refractivity contribution in [2.75, 3.05) is 7.11 Å². The quantitative estimate of drug-likeness (QED) is 0.770. The molecule has 1 fully saturated rings. The summed E-state index contributed by atoms with van der Waals surface area (Å²) in [6, 6.07) is 5.59. The second-order valence-electron chi connectivity index (χ2n) is 5.18. The predicted molar refractivity (Wildman–Crippen MR) is 76.1 cm³/mol. The zero-order chi connectivity index (χ0) is 13.1. The highest BCUT2D eigenvalue weighted by Gasteiger charge is 2.27. The molecule has 1 saturated carbocycles. The van der Waals surface area contributed by atoms with E-state index < -0.39 is 0 Å². The van der Waals surface area contributed by atoms with Gasteiger partial charge < -0.3 is 4.74 Å². The van der Waals surface area contributed by atoms with Gasteiger partial charge in [-0.15, -0.1) is 0 Å². The highest BCUT2D eigenvalue weighted by atomic mass is 79.9. The summed E-state index contributed by atoms with van der Waals surface area (Å²) in [6.07, 6.45) is 4.46. The Morgan fingerprint density at radius 1 is 1.39 bits per heavy atom. The maximum absolute atomic E-state index is 12.5. The number of carbonyl (C=O) groups is 1. The van der Waals surface area contributed by atoms with E-state index >= 15 is 0 Å². The minimum absolute atomic E-state index is 0.178. The van der Waals surface area contributed by atoms with Gasteiger partial charge in [0.25, 0.3) is 0 Å². The highest BCUT2D eigenvalue weighted by molar-refractivity contribution is 9.10. The average molecular weight is 311 g/mol. The number of rotatable bonds is 3. The molecule has 0 amide bonds. The molecule has 1 aliphatic carbocycles. The number of benzene rings is 1. The van der Waals surface area contributed by atoms with E-state index in [0.717, 1.165) is 28.6 Å². The van der Waals surface area contributed by atoms with Gasteiger partial charge in [-0.2, -0.15) is 0 Å². The van der Waals surface area contributed by atoms with Crippen LogP contribution in [0.15, 0.2) is 22.7 Å². The molecule has 1 aromatic rings. The van der Waals surface area contributed by atoms with E-state index in [-0.39, 0.29) is 11.7 Å². The van der Waals surface area contributed by atoms with E-state index in [9.17, 15) is 4.79 Å². The van der Waals surface area contributed by atoms with Crippen LogP contribution in [-0.4, -0.2) is 12.9 Å². The van der Waals surface area contributed by atoms with Gasteiger partial charge in [-0.25, -0.2) is 0 Å². The maximum atomic E-state index is 12.5. The lowest BCUT2D eigenvalue weighted by molar-refractivity contribution is 0.0867. The van der Waals surface area contributed by atoms with Crippen LogP contribution >= 0.6 is 15.9 Å². The van der Waals surface area contributed by atoms with Gasteiger partial charge in [0.15, 0.2) is 5.78 Å². The Labute approximate surface area is 117 Å². The summed E-state index contributed by atoms with van der Waals surface area (Å²) in [5.41, 5.74) is 0.758. The number of ketones is 1. The van der Waals surface area contributed by atoms with Gasteiger partial charge in [-0.3, -0.25) is 4.79 Å². The third kappa shape index (κ3) is 2.94. The van der Waals surface area contributed by atoms with Gasteiger partial charge in [-0.1, -0.05) is 35.7 Å². The summed E-state index contributed by atoms with van der Waals surface area (Å²) < 4.78 is 6.06. The second kappa shape index (κ2) is 5.87. The van der Waals surface area contributed by atoms with Crippen molar-refractivity contribution in [3.63, 3.8) is 0 Å². The first-order valence-corrected chi connectivity index (χ1v) is 7.29. The van der Waals surface area contributed by atoms with Crippen LogP contribution in [0.3, 0.4) is 0 Å². The van der Waals surface area contributed by atoms with E-state index in [0.29, 0.717) is 5.92 Å². The van der Waals surface area contributed by atoms with Gasteiger partial charge in [0, 0.05) is 16.0 Å². The molecule has 0 radical (unpaired) electrons. The van der Waals surface area contributed by atoms with Crippen LogP contribution in [0.2, 0.25) is 0 Å². The van der Waals surface area contributed by atoms with Gasteiger partial charge >= 0.3 is 0 Å². The second-order valence-corrected chi connectivity index (χ2v) is 6.03. The van der Waals surface area contributed by atoms with Crippen LogP contribution in [0, 0.1) is 11.8 Å². The Hall–Kier alpha value is -0.830. The van der Waals surface area contributed by atoms with E-state index in [1.165, 1.54) is 12.8 Å². The Kier molecular flexibility index (Phi) is 4.44. The molecule has 2 rings (SSSR count). The fraction of sp³-hybridized carbons (Fsp3) is 0.533. The number of halogens is 1. The lowest BCUT2D eigenvalue weighted by atomic mass is 9.79. The van der Waals surface area contributed by atoms with Crippen molar-refractivity contribution in [2.24, 2.45) is 11.8 Å². The van der Waals surface area contributed by atoms with Gasteiger partial charge in [0.1, 0.15) is 5.75 Å². The lowest BCUT2D eigenvalue weighted by Gasteiger charge is -2.26. The minimum Gasteiger partial charge on any atom is -0.497 e. The predicted octanol–water partition coefficient (Wildman–Crippen LogP) is 4.47. The third-order valence-corrected chi connectivity index (χ3v) is 4.44. The SMILES string of the molecule is COc1ccc(Br)c(C(=O)C2CCCC(C)C2)c1. The zero-order valence-electron chi connectivity index (χ0n) is 10.9. The molecule has 98 valence electrons. The Bertz CT molecular complexity index is 442.